The van der Waals surface area contributed by atoms with Gasteiger partial charge >= 0.3 is 5.97 Å². The Bertz CT molecular complexity index is 493. The minimum absolute atomic E-state index is 0.243. The Balaban J connectivity index is 3.23. The van der Waals surface area contributed by atoms with E-state index in [1.165, 1.54) is 33.5 Å². The van der Waals surface area contributed by atoms with Crippen molar-refractivity contribution in [2.24, 2.45) is 0 Å². The highest BCUT2D eigenvalue weighted by molar-refractivity contribution is 6.07. The van der Waals surface area contributed by atoms with Crippen LogP contribution in [0.3, 0.4) is 0 Å². The zero-order valence-electron chi connectivity index (χ0n) is 10.8. The summed E-state index contributed by atoms with van der Waals surface area (Å²) in [6, 6.07) is 2.91. The van der Waals surface area contributed by atoms with E-state index in [2.05, 4.69) is 0 Å². The fourth-order valence-electron chi connectivity index (χ4n) is 1.47. The van der Waals surface area contributed by atoms with Gasteiger partial charge in [-0.2, -0.15) is 0 Å². The van der Waals surface area contributed by atoms with Crippen LogP contribution in [0.15, 0.2) is 24.3 Å². The minimum atomic E-state index is -1.19. The lowest BCUT2D eigenvalue weighted by Gasteiger charge is -2.13. The van der Waals surface area contributed by atoms with E-state index < -0.39 is 11.8 Å². The zero-order valence-corrected chi connectivity index (χ0v) is 10.8. The van der Waals surface area contributed by atoms with Crippen LogP contribution in [-0.2, 0) is 4.79 Å². The lowest BCUT2D eigenvalue weighted by atomic mass is 10.1. The van der Waals surface area contributed by atoms with Crippen LogP contribution in [-0.4, -0.2) is 38.2 Å². The van der Waals surface area contributed by atoms with Gasteiger partial charge in [0.1, 0.15) is 0 Å². The summed E-state index contributed by atoms with van der Waals surface area (Å²) in [4.78, 5) is 22.2. The van der Waals surface area contributed by atoms with Crippen LogP contribution in [0.4, 0.5) is 0 Å². The Labute approximate surface area is 110 Å². The first-order valence-electron chi connectivity index (χ1n) is 5.28. The Hall–Kier alpha value is -2.50. The van der Waals surface area contributed by atoms with Crippen molar-refractivity contribution in [1.29, 1.82) is 0 Å². The van der Waals surface area contributed by atoms with Crippen molar-refractivity contribution in [2.45, 2.75) is 0 Å². The van der Waals surface area contributed by atoms with E-state index in [0.717, 1.165) is 12.2 Å². The number of ketones is 1. The van der Waals surface area contributed by atoms with Gasteiger partial charge in [0.05, 0.1) is 21.3 Å². The van der Waals surface area contributed by atoms with Gasteiger partial charge in [-0.15, -0.1) is 0 Å². The van der Waals surface area contributed by atoms with Crippen molar-refractivity contribution in [3.8, 4) is 17.2 Å². The second-order valence-corrected chi connectivity index (χ2v) is 3.45. The number of aliphatic carboxylic acids is 1. The molecule has 0 amide bonds. The average Bonchev–Trinajstić information content (AvgIpc) is 2.42. The summed E-state index contributed by atoms with van der Waals surface area (Å²) in [5, 5.41) is 8.48. The first kappa shape index (κ1) is 14.6. The number of carbonyl (C=O) groups is 2. The van der Waals surface area contributed by atoms with E-state index in [4.69, 9.17) is 19.3 Å². The van der Waals surface area contributed by atoms with E-state index >= 15 is 0 Å². The first-order chi connectivity index (χ1) is 9.03. The molecule has 0 spiro atoms. The van der Waals surface area contributed by atoms with E-state index in [9.17, 15) is 9.59 Å². The molecule has 1 aromatic carbocycles. The van der Waals surface area contributed by atoms with Crippen LogP contribution >= 0.6 is 0 Å². The van der Waals surface area contributed by atoms with Crippen molar-refractivity contribution < 1.29 is 28.9 Å². The van der Waals surface area contributed by atoms with Crippen molar-refractivity contribution in [3.05, 3.63) is 29.8 Å². The van der Waals surface area contributed by atoms with Gasteiger partial charge in [0, 0.05) is 11.6 Å². The van der Waals surface area contributed by atoms with Crippen LogP contribution in [0.1, 0.15) is 10.4 Å². The van der Waals surface area contributed by atoms with Gasteiger partial charge in [-0.25, -0.2) is 4.79 Å². The summed E-state index contributed by atoms with van der Waals surface area (Å²) in [5.74, 6) is -0.644. The van der Waals surface area contributed by atoms with Crippen LogP contribution in [0.5, 0.6) is 17.2 Å². The molecule has 1 N–H and O–H groups in total. The van der Waals surface area contributed by atoms with Gasteiger partial charge in [0.25, 0.3) is 0 Å². The Morgan fingerprint density at radius 1 is 1.00 bits per heavy atom. The topological polar surface area (TPSA) is 82.1 Å². The highest BCUT2D eigenvalue weighted by Crippen LogP contribution is 2.38. The fourth-order valence-corrected chi connectivity index (χ4v) is 1.47. The molecule has 0 saturated carbocycles. The number of allylic oxidation sites excluding steroid dienone is 1. The largest absolute Gasteiger partial charge is 0.493 e. The molecule has 0 bridgehead atoms. The van der Waals surface area contributed by atoms with Gasteiger partial charge in [-0.3, -0.25) is 4.79 Å². The van der Waals surface area contributed by atoms with Crippen LogP contribution < -0.4 is 14.2 Å². The SMILES string of the molecule is COc1cc(C(=O)/C=C/C(=O)O)cc(OC)c1OC. The first-order valence-corrected chi connectivity index (χ1v) is 5.28. The molecular weight excluding hydrogens is 252 g/mol. The van der Waals surface area contributed by atoms with Gasteiger partial charge in [-0.1, -0.05) is 0 Å². The Morgan fingerprint density at radius 3 is 1.89 bits per heavy atom. The summed E-state index contributed by atoms with van der Waals surface area (Å²) in [6.45, 7) is 0. The predicted octanol–water partition coefficient (Wildman–Crippen LogP) is 1.54. The number of hydrogen-bond acceptors (Lipinski definition) is 5. The molecular formula is C13H14O6. The third-order valence-electron chi connectivity index (χ3n) is 2.33. The molecule has 0 saturated heterocycles. The molecule has 0 atom stereocenters. The molecule has 19 heavy (non-hydrogen) atoms. The predicted molar refractivity (Wildman–Crippen MR) is 67.2 cm³/mol. The molecule has 1 rings (SSSR count). The number of benzene rings is 1. The zero-order chi connectivity index (χ0) is 14.4. The van der Waals surface area contributed by atoms with Gasteiger partial charge in [-0.05, 0) is 18.2 Å². The normalized spacial score (nSPS) is 10.3. The Morgan fingerprint density at radius 2 is 1.53 bits per heavy atom. The van der Waals surface area contributed by atoms with Crippen molar-refractivity contribution in [1.82, 2.24) is 0 Å². The summed E-state index contributed by atoms with van der Waals surface area (Å²) >= 11 is 0. The van der Waals surface area contributed by atoms with Gasteiger partial charge in [0.2, 0.25) is 5.75 Å². The quantitative estimate of drug-likeness (QED) is 0.621. The molecule has 6 heteroatoms. The van der Waals surface area contributed by atoms with Crippen LogP contribution in [0, 0.1) is 0 Å². The molecule has 0 aromatic heterocycles. The molecule has 0 aliphatic carbocycles. The highest BCUT2D eigenvalue weighted by Gasteiger charge is 2.15. The number of carbonyl (C=O) groups excluding carboxylic acids is 1. The lowest BCUT2D eigenvalue weighted by Crippen LogP contribution is -2.01. The van der Waals surface area contributed by atoms with E-state index in [1.807, 2.05) is 0 Å². The van der Waals surface area contributed by atoms with E-state index in [0.29, 0.717) is 17.2 Å². The number of hydrogen-bond donors (Lipinski definition) is 1. The summed E-state index contributed by atoms with van der Waals surface area (Å²) in [6.07, 6.45) is 1.73. The van der Waals surface area contributed by atoms with E-state index in [-0.39, 0.29) is 5.56 Å². The number of carboxylic acid groups (broad SMARTS) is 1. The third kappa shape index (κ3) is 3.48. The van der Waals surface area contributed by atoms with Crippen molar-refractivity contribution >= 4 is 11.8 Å². The molecule has 0 fully saturated rings. The van der Waals surface area contributed by atoms with Crippen LogP contribution in [0.2, 0.25) is 0 Å². The maximum atomic E-state index is 11.8. The molecule has 0 aliphatic rings. The highest BCUT2D eigenvalue weighted by atomic mass is 16.5. The fraction of sp³-hybridized carbons (Fsp3) is 0.231. The van der Waals surface area contributed by atoms with E-state index in [1.54, 1.807) is 0 Å². The molecule has 0 unspecified atom stereocenters. The number of carboxylic acids is 1. The molecule has 1 aromatic rings. The second-order valence-electron chi connectivity index (χ2n) is 3.45. The van der Waals surface area contributed by atoms with Crippen LogP contribution in [0.25, 0.3) is 0 Å². The summed E-state index contributed by atoms with van der Waals surface area (Å²) in [7, 11) is 4.31. The lowest BCUT2D eigenvalue weighted by molar-refractivity contribution is -0.131. The standard InChI is InChI=1S/C13H14O6/c1-17-10-6-8(9(14)4-5-12(15)16)7-11(18-2)13(10)19-3/h4-7H,1-3H3,(H,15,16)/b5-4+. The molecule has 102 valence electrons. The average molecular weight is 266 g/mol. The number of ether oxygens (including phenoxy) is 3. The maximum Gasteiger partial charge on any atom is 0.328 e. The summed E-state index contributed by atoms with van der Waals surface area (Å²) in [5.41, 5.74) is 0.243. The minimum Gasteiger partial charge on any atom is -0.493 e. The van der Waals surface area contributed by atoms with Gasteiger partial charge in [0.15, 0.2) is 17.3 Å². The molecule has 0 heterocycles. The summed E-state index contributed by atoms with van der Waals surface area (Å²) < 4.78 is 15.3. The Kier molecular flexibility index (Phi) is 4.93. The number of methoxy groups -OCH3 is 3. The number of rotatable bonds is 6. The van der Waals surface area contributed by atoms with Gasteiger partial charge < -0.3 is 19.3 Å². The van der Waals surface area contributed by atoms with Crippen molar-refractivity contribution in [2.75, 3.05) is 21.3 Å². The molecule has 0 radical (unpaired) electrons. The third-order valence-corrected chi connectivity index (χ3v) is 2.33. The maximum absolute atomic E-state index is 11.8. The molecule has 0 aliphatic heterocycles. The monoisotopic (exact) mass is 266 g/mol. The molecule has 6 nitrogen and oxygen atoms in total. The van der Waals surface area contributed by atoms with Crippen molar-refractivity contribution in [3.63, 3.8) is 0 Å². The smallest absolute Gasteiger partial charge is 0.328 e. The second kappa shape index (κ2) is 6.44.